The maximum Gasteiger partial charge on any atom is -0.00994 e. The fourth-order valence-electron chi connectivity index (χ4n) is 5.54. The Morgan fingerprint density at radius 1 is 0.926 bits per heavy atom. The third-order valence-corrected chi connectivity index (χ3v) is 7.10. The maximum absolute atomic E-state index is 2.62. The summed E-state index contributed by atoms with van der Waals surface area (Å²) in [6.07, 6.45) is 14.6. The van der Waals surface area contributed by atoms with Crippen LogP contribution in [-0.2, 0) is 5.41 Å². The fraction of sp³-hybridized carbons (Fsp3) is 0.407. The summed E-state index contributed by atoms with van der Waals surface area (Å²) >= 11 is 0. The van der Waals surface area contributed by atoms with Gasteiger partial charge in [-0.05, 0) is 93.7 Å². The zero-order valence-electron chi connectivity index (χ0n) is 16.9. The van der Waals surface area contributed by atoms with Gasteiger partial charge < -0.3 is 0 Å². The summed E-state index contributed by atoms with van der Waals surface area (Å²) < 4.78 is 0. The van der Waals surface area contributed by atoms with Crippen LogP contribution in [0.4, 0.5) is 0 Å². The van der Waals surface area contributed by atoms with Gasteiger partial charge in [-0.2, -0.15) is 0 Å². The number of allylic oxidation sites excluding steroid dienone is 2. The molecule has 0 radical (unpaired) electrons. The normalized spacial score (nSPS) is 27.5. The second-order valence-corrected chi connectivity index (χ2v) is 10.1. The average molecular weight is 355 g/mol. The molecule has 3 aliphatic carbocycles. The lowest BCUT2D eigenvalue weighted by molar-refractivity contribution is 0.383. The van der Waals surface area contributed by atoms with Crippen LogP contribution in [0.15, 0.2) is 54.1 Å². The number of benzene rings is 2. The molecule has 0 unspecified atom stereocenters. The Morgan fingerprint density at radius 2 is 1.67 bits per heavy atom. The van der Waals surface area contributed by atoms with Crippen LogP contribution in [0.5, 0.6) is 0 Å². The maximum atomic E-state index is 2.62. The van der Waals surface area contributed by atoms with Gasteiger partial charge in [0, 0.05) is 0 Å². The van der Waals surface area contributed by atoms with Crippen LogP contribution in [0.25, 0.3) is 23.3 Å². The molecule has 0 aromatic heterocycles. The summed E-state index contributed by atoms with van der Waals surface area (Å²) in [5.74, 6) is 1.00. The molecule has 2 aromatic rings. The first-order chi connectivity index (χ1) is 12.9. The number of hydrogen-bond donors (Lipinski definition) is 0. The minimum absolute atomic E-state index is 0.201. The van der Waals surface area contributed by atoms with Crippen LogP contribution < -0.4 is 10.4 Å². The number of hydrogen-bond acceptors (Lipinski definition) is 0. The lowest BCUT2D eigenvalue weighted by atomic mass is 9.82. The highest BCUT2D eigenvalue weighted by molar-refractivity contribution is 5.78. The van der Waals surface area contributed by atoms with E-state index in [0.717, 1.165) is 5.92 Å². The Balaban J connectivity index is 1.54. The van der Waals surface area contributed by atoms with E-state index in [0.29, 0.717) is 5.41 Å². The van der Waals surface area contributed by atoms with Crippen molar-refractivity contribution in [2.24, 2.45) is 11.3 Å². The topological polar surface area (TPSA) is 0 Å². The minimum Gasteiger partial charge on any atom is -0.0710 e. The molecule has 27 heavy (non-hydrogen) atoms. The zero-order valence-corrected chi connectivity index (χ0v) is 16.9. The molecule has 138 valence electrons. The highest BCUT2D eigenvalue weighted by Gasteiger charge is 2.43. The van der Waals surface area contributed by atoms with Crippen LogP contribution in [0.1, 0.15) is 58.4 Å². The van der Waals surface area contributed by atoms with Crippen molar-refractivity contribution < 1.29 is 0 Å². The highest BCUT2D eigenvalue weighted by Crippen LogP contribution is 2.55. The lowest BCUT2D eigenvalue weighted by Crippen LogP contribution is -2.23. The van der Waals surface area contributed by atoms with E-state index >= 15 is 0 Å². The van der Waals surface area contributed by atoms with Crippen LogP contribution in [-0.4, -0.2) is 0 Å². The second kappa shape index (κ2) is 5.96. The number of fused-ring (bicyclic) bond motifs is 3. The van der Waals surface area contributed by atoms with Crippen molar-refractivity contribution in [2.75, 3.05) is 0 Å². The third kappa shape index (κ3) is 3.00. The van der Waals surface area contributed by atoms with Crippen molar-refractivity contribution in [2.45, 2.75) is 58.3 Å². The Morgan fingerprint density at radius 3 is 2.30 bits per heavy atom. The molecule has 0 atom stereocenters. The predicted octanol–water partition coefficient (Wildman–Crippen LogP) is 5.73. The largest absolute Gasteiger partial charge is 0.0710 e. The van der Waals surface area contributed by atoms with E-state index in [9.17, 15) is 0 Å². The zero-order chi connectivity index (χ0) is 18.6. The molecule has 2 fully saturated rings. The standard InChI is InChI=1S/C27H30/c1-26(2,3)23-9-7-21(8-10-23)24-6-4-5-22-15-20(16-25(22)24)18-27-13-11-19(17-27)12-14-27/h4-10,15-16,18-19H,11-14,17H2,1-3H3. The second-order valence-electron chi connectivity index (χ2n) is 10.1. The van der Waals surface area contributed by atoms with E-state index in [-0.39, 0.29) is 5.41 Å². The first-order valence-corrected chi connectivity index (χ1v) is 10.6. The van der Waals surface area contributed by atoms with E-state index in [1.54, 1.807) is 0 Å². The molecule has 0 N–H and O–H groups in total. The van der Waals surface area contributed by atoms with E-state index in [1.807, 2.05) is 0 Å². The molecule has 3 aliphatic rings. The molecule has 0 spiro atoms. The Bertz CT molecular complexity index is 1020. The van der Waals surface area contributed by atoms with Gasteiger partial charge in [0.25, 0.3) is 0 Å². The Labute approximate surface area is 163 Å². The van der Waals surface area contributed by atoms with E-state index in [2.05, 4.69) is 81.5 Å². The van der Waals surface area contributed by atoms with Crippen molar-refractivity contribution >= 4 is 12.2 Å². The molecule has 0 saturated heterocycles. The summed E-state index contributed by atoms with van der Waals surface area (Å²) in [5.41, 5.74) is 6.22. The van der Waals surface area contributed by atoms with Gasteiger partial charge in [0.1, 0.15) is 0 Å². The van der Waals surface area contributed by atoms with Gasteiger partial charge in [-0.1, -0.05) is 69.3 Å². The first-order valence-electron chi connectivity index (χ1n) is 10.6. The highest BCUT2D eigenvalue weighted by atomic mass is 14.5. The molecule has 2 saturated carbocycles. The van der Waals surface area contributed by atoms with Gasteiger partial charge >= 0.3 is 0 Å². The fourth-order valence-corrected chi connectivity index (χ4v) is 5.54. The van der Waals surface area contributed by atoms with Gasteiger partial charge in [-0.15, -0.1) is 0 Å². The summed E-state index contributed by atoms with van der Waals surface area (Å²) in [4.78, 5) is 0. The van der Waals surface area contributed by atoms with Crippen LogP contribution in [0.2, 0.25) is 0 Å². The van der Waals surface area contributed by atoms with Gasteiger partial charge in [0.15, 0.2) is 0 Å². The van der Waals surface area contributed by atoms with E-state index in [1.165, 1.54) is 64.8 Å². The van der Waals surface area contributed by atoms with Crippen molar-refractivity contribution in [3.63, 3.8) is 0 Å². The number of rotatable bonds is 2. The minimum atomic E-state index is 0.201. The van der Waals surface area contributed by atoms with Crippen molar-refractivity contribution in [3.8, 4) is 11.1 Å². The third-order valence-electron chi connectivity index (χ3n) is 7.10. The average Bonchev–Trinajstić information content (AvgIpc) is 3.34. The van der Waals surface area contributed by atoms with Crippen LogP contribution in [0.3, 0.4) is 0 Å². The molecule has 0 nitrogen and oxygen atoms in total. The van der Waals surface area contributed by atoms with E-state index < -0.39 is 0 Å². The van der Waals surface area contributed by atoms with Crippen LogP contribution >= 0.6 is 0 Å². The SMILES string of the molecule is CC(C)(C)c1ccc(-c2cccc3c2=CC(=CC24CCC(CC2)C4)C=3)cc1. The Hall–Kier alpha value is -2.08. The molecule has 0 heterocycles. The Kier molecular flexibility index (Phi) is 3.76. The molecule has 0 heteroatoms. The van der Waals surface area contributed by atoms with Crippen molar-refractivity contribution in [1.29, 1.82) is 0 Å². The van der Waals surface area contributed by atoms with Crippen molar-refractivity contribution in [3.05, 3.63) is 70.1 Å². The van der Waals surface area contributed by atoms with Gasteiger partial charge in [0.2, 0.25) is 0 Å². The van der Waals surface area contributed by atoms with Crippen molar-refractivity contribution in [1.82, 2.24) is 0 Å². The summed E-state index contributed by atoms with van der Waals surface area (Å²) in [6.45, 7) is 6.83. The molecule has 0 amide bonds. The summed E-state index contributed by atoms with van der Waals surface area (Å²) in [7, 11) is 0. The molecular weight excluding hydrogens is 324 g/mol. The quantitative estimate of drug-likeness (QED) is 0.646. The van der Waals surface area contributed by atoms with E-state index in [4.69, 9.17) is 0 Å². The van der Waals surface area contributed by atoms with Crippen LogP contribution in [0, 0.1) is 11.3 Å². The molecule has 5 rings (SSSR count). The molecule has 2 bridgehead atoms. The first kappa shape index (κ1) is 17.0. The molecule has 2 aromatic carbocycles. The van der Waals surface area contributed by atoms with Gasteiger partial charge in [0.05, 0.1) is 0 Å². The smallest absolute Gasteiger partial charge is 0.00994 e. The molecule has 0 aliphatic heterocycles. The predicted molar refractivity (Wildman–Crippen MR) is 116 cm³/mol. The lowest BCUT2D eigenvalue weighted by Gasteiger charge is -2.22. The van der Waals surface area contributed by atoms with Gasteiger partial charge in [-0.3, -0.25) is 0 Å². The van der Waals surface area contributed by atoms with Gasteiger partial charge in [-0.25, -0.2) is 0 Å². The summed E-state index contributed by atoms with van der Waals surface area (Å²) in [5, 5.41) is 2.78. The monoisotopic (exact) mass is 354 g/mol. The molecular formula is C27H30. The summed E-state index contributed by atoms with van der Waals surface area (Å²) in [6, 6.07) is 15.9.